The Labute approximate surface area is 205 Å². The van der Waals surface area contributed by atoms with Gasteiger partial charge in [0.15, 0.2) is 16.6 Å². The van der Waals surface area contributed by atoms with E-state index in [4.69, 9.17) is 33.3 Å². The molecule has 0 bridgehead atoms. The van der Waals surface area contributed by atoms with E-state index < -0.39 is 16.7 Å². The highest BCUT2D eigenvalue weighted by Crippen LogP contribution is 2.38. The van der Waals surface area contributed by atoms with E-state index in [0.717, 1.165) is 0 Å². The Hall–Kier alpha value is -3.76. The molecule has 1 saturated heterocycles. The summed E-state index contributed by atoms with van der Waals surface area (Å²) in [5.41, 5.74) is 0.996. The minimum Gasteiger partial charge on any atom is -0.490 e. The average Bonchev–Trinajstić information content (AvgIpc) is 2.79. The van der Waals surface area contributed by atoms with Gasteiger partial charge in [-0.1, -0.05) is 17.7 Å². The van der Waals surface area contributed by atoms with Crippen LogP contribution in [-0.4, -0.2) is 39.9 Å². The highest BCUT2D eigenvalue weighted by atomic mass is 35.5. The second kappa shape index (κ2) is 10.9. The molecule has 1 aliphatic heterocycles. The summed E-state index contributed by atoms with van der Waals surface area (Å²) in [4.78, 5) is 36.7. The molecule has 1 aliphatic rings. The van der Waals surface area contributed by atoms with Crippen molar-refractivity contribution in [2.24, 2.45) is 0 Å². The van der Waals surface area contributed by atoms with Crippen LogP contribution in [0.1, 0.15) is 18.1 Å². The molecule has 1 fully saturated rings. The number of nitrogens with zero attached hydrogens (tertiary/aromatic N) is 2. The lowest BCUT2D eigenvalue weighted by molar-refractivity contribution is -0.384. The molecule has 11 heteroatoms. The highest BCUT2D eigenvalue weighted by Gasteiger charge is 2.32. The number of carbonyl (C=O) groups excluding carboxylic acids is 2. The van der Waals surface area contributed by atoms with E-state index in [9.17, 15) is 19.7 Å². The van der Waals surface area contributed by atoms with Gasteiger partial charge in [0.05, 0.1) is 16.6 Å². The van der Waals surface area contributed by atoms with Crippen LogP contribution in [0.4, 0.5) is 5.69 Å². The van der Waals surface area contributed by atoms with Gasteiger partial charge in [-0.15, -0.1) is 6.58 Å². The van der Waals surface area contributed by atoms with Crippen molar-refractivity contribution in [3.05, 3.63) is 80.9 Å². The van der Waals surface area contributed by atoms with Crippen LogP contribution in [0.25, 0.3) is 6.08 Å². The number of rotatable bonds is 9. The van der Waals surface area contributed by atoms with Crippen molar-refractivity contribution in [3.63, 3.8) is 0 Å². The van der Waals surface area contributed by atoms with Gasteiger partial charge in [-0.25, -0.2) is 0 Å². The van der Waals surface area contributed by atoms with Crippen molar-refractivity contribution >= 4 is 52.5 Å². The molecule has 1 heterocycles. The normalized spacial score (nSPS) is 14.7. The monoisotopic (exact) mass is 501 g/mol. The molecular formula is C23H20ClN3O6S. The number of carbonyl (C=O) groups is 2. The number of hydrogen-bond acceptors (Lipinski definition) is 7. The van der Waals surface area contributed by atoms with Crippen molar-refractivity contribution in [2.75, 3.05) is 13.2 Å². The fraction of sp³-hybridized carbons (Fsp3) is 0.174. The van der Waals surface area contributed by atoms with Gasteiger partial charge >= 0.3 is 0 Å². The summed E-state index contributed by atoms with van der Waals surface area (Å²) >= 11 is 11.5. The number of halogens is 1. The summed E-state index contributed by atoms with van der Waals surface area (Å²) in [6, 6.07) is 9.06. The minimum atomic E-state index is -0.622. The van der Waals surface area contributed by atoms with Crippen molar-refractivity contribution in [1.82, 2.24) is 10.2 Å². The first-order valence-electron chi connectivity index (χ1n) is 10.1. The first-order chi connectivity index (χ1) is 16.2. The molecule has 0 radical (unpaired) electrons. The number of nitrogens with one attached hydrogen (secondary N) is 1. The maximum Gasteiger partial charge on any atom is 0.269 e. The van der Waals surface area contributed by atoms with Gasteiger partial charge in [-0.3, -0.25) is 29.9 Å². The van der Waals surface area contributed by atoms with Gasteiger partial charge < -0.3 is 9.47 Å². The number of ether oxygens (including phenoxy) is 2. The van der Waals surface area contributed by atoms with Gasteiger partial charge in [-0.05, 0) is 60.6 Å². The van der Waals surface area contributed by atoms with Crippen LogP contribution < -0.4 is 14.8 Å². The molecule has 3 rings (SSSR count). The lowest BCUT2D eigenvalue weighted by Gasteiger charge is -2.27. The molecule has 2 amide bonds. The zero-order valence-corrected chi connectivity index (χ0v) is 19.6. The van der Waals surface area contributed by atoms with Crippen molar-refractivity contribution < 1.29 is 24.0 Å². The SMILES string of the molecule is C=CCN1C(=O)/C(=C/c2cc(Cl)c(OCc3ccc([N+](=O)[O-])cc3)c(OCC)c2)C(=O)NC1=S. The van der Waals surface area contributed by atoms with Gasteiger partial charge in [0.1, 0.15) is 12.2 Å². The summed E-state index contributed by atoms with van der Waals surface area (Å²) in [5, 5.41) is 13.5. The Bertz CT molecular complexity index is 1200. The van der Waals surface area contributed by atoms with Crippen molar-refractivity contribution in [3.8, 4) is 11.5 Å². The molecule has 0 saturated carbocycles. The minimum absolute atomic E-state index is 0.00933. The van der Waals surface area contributed by atoms with Crippen molar-refractivity contribution in [2.45, 2.75) is 13.5 Å². The second-order valence-electron chi connectivity index (χ2n) is 7.00. The number of amides is 2. The summed E-state index contributed by atoms with van der Waals surface area (Å²) < 4.78 is 11.5. The largest absolute Gasteiger partial charge is 0.490 e. The molecule has 2 aromatic carbocycles. The number of benzene rings is 2. The first kappa shape index (κ1) is 24.9. The van der Waals surface area contributed by atoms with Crippen LogP contribution in [0.2, 0.25) is 5.02 Å². The quantitative estimate of drug-likeness (QED) is 0.138. The number of non-ortho nitro benzene ring substituents is 1. The van der Waals surface area contributed by atoms with Crippen LogP contribution in [-0.2, 0) is 16.2 Å². The highest BCUT2D eigenvalue weighted by molar-refractivity contribution is 7.80. The maximum absolute atomic E-state index is 12.8. The Morgan fingerprint density at radius 1 is 1.24 bits per heavy atom. The summed E-state index contributed by atoms with van der Waals surface area (Å²) in [6.07, 6.45) is 2.89. The summed E-state index contributed by atoms with van der Waals surface area (Å²) in [6.45, 7) is 5.93. The predicted molar refractivity (Wildman–Crippen MR) is 131 cm³/mol. The second-order valence-corrected chi connectivity index (χ2v) is 7.79. The molecular weight excluding hydrogens is 482 g/mol. The van der Waals surface area contributed by atoms with Crippen molar-refractivity contribution in [1.29, 1.82) is 0 Å². The first-order valence-corrected chi connectivity index (χ1v) is 10.9. The van der Waals surface area contributed by atoms with Crippen LogP contribution >= 0.6 is 23.8 Å². The maximum atomic E-state index is 12.8. The number of hydrogen-bond donors (Lipinski definition) is 1. The summed E-state index contributed by atoms with van der Waals surface area (Å²) in [7, 11) is 0. The molecule has 0 atom stereocenters. The standard InChI is InChI=1S/C23H20ClN3O6S/c1-3-9-26-22(29)17(21(28)25-23(26)34)10-15-11-18(24)20(19(12-15)32-4-2)33-13-14-5-7-16(8-6-14)27(30)31/h3,5-8,10-12H,1,4,9,13H2,2H3,(H,25,28,34)/b17-10+. The molecule has 0 spiro atoms. The number of nitro benzene ring substituents is 1. The third-order valence-electron chi connectivity index (χ3n) is 4.67. The predicted octanol–water partition coefficient (Wildman–Crippen LogP) is 4.04. The Morgan fingerprint density at radius 2 is 1.94 bits per heavy atom. The van der Waals surface area contributed by atoms with Gasteiger partial charge in [0.2, 0.25) is 0 Å². The molecule has 0 aliphatic carbocycles. The number of nitro groups is 1. The molecule has 34 heavy (non-hydrogen) atoms. The van der Waals surface area contributed by atoms with E-state index in [0.29, 0.717) is 23.5 Å². The van der Waals surface area contributed by atoms with E-state index in [2.05, 4.69) is 11.9 Å². The lowest BCUT2D eigenvalue weighted by atomic mass is 10.1. The zero-order chi connectivity index (χ0) is 24.8. The van der Waals surface area contributed by atoms with Crippen LogP contribution in [0.5, 0.6) is 11.5 Å². The van der Waals surface area contributed by atoms with Crippen LogP contribution in [0.15, 0.2) is 54.6 Å². The van der Waals surface area contributed by atoms with Gasteiger partial charge in [0.25, 0.3) is 17.5 Å². The number of thiocarbonyl (C=S) groups is 1. The Balaban J connectivity index is 1.88. The van der Waals surface area contributed by atoms with E-state index in [-0.39, 0.29) is 40.3 Å². The lowest BCUT2D eigenvalue weighted by Crippen LogP contribution is -2.53. The smallest absolute Gasteiger partial charge is 0.269 e. The molecule has 9 nitrogen and oxygen atoms in total. The fourth-order valence-corrected chi connectivity index (χ4v) is 3.62. The van der Waals surface area contributed by atoms with E-state index in [1.54, 1.807) is 25.1 Å². The van der Waals surface area contributed by atoms with Crippen LogP contribution in [0, 0.1) is 10.1 Å². The topological polar surface area (TPSA) is 111 Å². The average molecular weight is 502 g/mol. The third-order valence-corrected chi connectivity index (χ3v) is 5.27. The van der Waals surface area contributed by atoms with E-state index in [1.165, 1.54) is 35.3 Å². The van der Waals surface area contributed by atoms with Gasteiger partial charge in [0, 0.05) is 18.7 Å². The summed E-state index contributed by atoms with van der Waals surface area (Å²) in [5.74, 6) is -0.604. The third kappa shape index (κ3) is 5.59. The molecule has 2 aromatic rings. The van der Waals surface area contributed by atoms with Crippen LogP contribution in [0.3, 0.4) is 0 Å². The van der Waals surface area contributed by atoms with E-state index in [1.807, 2.05) is 0 Å². The van der Waals surface area contributed by atoms with E-state index >= 15 is 0 Å². The Kier molecular flexibility index (Phi) is 7.98. The molecule has 0 aromatic heterocycles. The Morgan fingerprint density at radius 3 is 2.56 bits per heavy atom. The zero-order valence-electron chi connectivity index (χ0n) is 18.1. The molecule has 0 unspecified atom stereocenters. The fourth-order valence-electron chi connectivity index (χ4n) is 3.10. The molecule has 1 N–H and O–H groups in total. The van der Waals surface area contributed by atoms with Gasteiger partial charge in [-0.2, -0.15) is 0 Å². The molecule has 176 valence electrons.